The van der Waals surface area contributed by atoms with Crippen LogP contribution in [-0.4, -0.2) is 36.3 Å². The molecule has 0 radical (unpaired) electrons. The van der Waals surface area contributed by atoms with Crippen molar-refractivity contribution in [2.24, 2.45) is 4.99 Å². The van der Waals surface area contributed by atoms with Crippen LogP contribution < -0.4 is 10.6 Å². The molecular formula is C17H28IN3O. The van der Waals surface area contributed by atoms with E-state index in [9.17, 15) is 5.11 Å². The van der Waals surface area contributed by atoms with Crippen LogP contribution in [0.15, 0.2) is 35.3 Å². The highest BCUT2D eigenvalue weighted by molar-refractivity contribution is 14.0. The highest BCUT2D eigenvalue weighted by atomic mass is 127. The fourth-order valence-corrected chi connectivity index (χ4v) is 2.73. The van der Waals surface area contributed by atoms with Crippen molar-refractivity contribution in [2.75, 3.05) is 19.6 Å². The van der Waals surface area contributed by atoms with Gasteiger partial charge < -0.3 is 15.7 Å². The molecule has 1 fully saturated rings. The average molecular weight is 417 g/mol. The van der Waals surface area contributed by atoms with E-state index in [1.165, 1.54) is 5.56 Å². The van der Waals surface area contributed by atoms with Crippen molar-refractivity contribution in [3.8, 4) is 0 Å². The Morgan fingerprint density at radius 3 is 2.50 bits per heavy atom. The molecule has 0 saturated heterocycles. The molecule has 1 aliphatic rings. The topological polar surface area (TPSA) is 56.7 Å². The predicted octanol–water partition coefficient (Wildman–Crippen LogP) is 2.71. The largest absolute Gasteiger partial charge is 0.388 e. The Bertz CT molecular complexity index is 444. The second-order valence-corrected chi connectivity index (χ2v) is 5.79. The summed E-state index contributed by atoms with van der Waals surface area (Å²) in [4.78, 5) is 4.54. The Hall–Kier alpha value is -0.820. The van der Waals surface area contributed by atoms with Crippen molar-refractivity contribution in [2.45, 2.75) is 44.6 Å². The molecule has 0 spiro atoms. The van der Waals surface area contributed by atoms with Crippen LogP contribution in [0, 0.1) is 0 Å². The van der Waals surface area contributed by atoms with Gasteiger partial charge >= 0.3 is 0 Å². The van der Waals surface area contributed by atoms with Crippen LogP contribution >= 0.6 is 24.0 Å². The minimum atomic E-state index is -0.582. The number of guanidine groups is 1. The second-order valence-electron chi connectivity index (χ2n) is 5.79. The van der Waals surface area contributed by atoms with E-state index >= 15 is 0 Å². The van der Waals surface area contributed by atoms with Crippen LogP contribution in [0.4, 0.5) is 0 Å². The van der Waals surface area contributed by atoms with Crippen molar-refractivity contribution < 1.29 is 5.11 Å². The first-order chi connectivity index (χ1) is 10.2. The molecule has 0 amide bonds. The minimum absolute atomic E-state index is 0. The van der Waals surface area contributed by atoms with Crippen LogP contribution in [0.5, 0.6) is 0 Å². The summed E-state index contributed by atoms with van der Waals surface area (Å²) in [6, 6.07) is 10.4. The number of nitrogens with zero attached hydrogens (tertiary/aromatic N) is 1. The minimum Gasteiger partial charge on any atom is -0.388 e. The number of hydrogen-bond acceptors (Lipinski definition) is 2. The molecular weight excluding hydrogens is 389 g/mol. The summed E-state index contributed by atoms with van der Waals surface area (Å²) < 4.78 is 0. The van der Waals surface area contributed by atoms with Crippen molar-refractivity contribution in [3.05, 3.63) is 35.9 Å². The maximum atomic E-state index is 10.3. The molecule has 1 aromatic rings. The van der Waals surface area contributed by atoms with Crippen molar-refractivity contribution in [1.29, 1.82) is 0 Å². The lowest BCUT2D eigenvalue weighted by Gasteiger charge is -2.20. The van der Waals surface area contributed by atoms with Crippen molar-refractivity contribution in [1.82, 2.24) is 10.6 Å². The number of benzene rings is 1. The van der Waals surface area contributed by atoms with Gasteiger partial charge in [0.1, 0.15) is 0 Å². The van der Waals surface area contributed by atoms with E-state index in [0.717, 1.165) is 51.2 Å². The van der Waals surface area contributed by atoms with Gasteiger partial charge in [-0.25, -0.2) is 0 Å². The summed E-state index contributed by atoms with van der Waals surface area (Å²) in [5.74, 6) is 0.800. The monoisotopic (exact) mass is 417 g/mol. The van der Waals surface area contributed by atoms with Crippen LogP contribution in [0.1, 0.15) is 38.2 Å². The number of halogens is 1. The Morgan fingerprint density at radius 2 is 1.86 bits per heavy atom. The first-order valence-electron chi connectivity index (χ1n) is 8.00. The third-order valence-electron chi connectivity index (χ3n) is 3.96. The van der Waals surface area contributed by atoms with Crippen LogP contribution in [0.3, 0.4) is 0 Å². The molecule has 22 heavy (non-hydrogen) atoms. The molecule has 2 rings (SSSR count). The third kappa shape index (κ3) is 6.52. The SMILES string of the molecule is CCNC(=NCC1(O)CCCC1)NCCc1ccccc1.I. The van der Waals surface area contributed by atoms with Crippen LogP contribution in [0.2, 0.25) is 0 Å². The Kier molecular flexibility index (Phi) is 8.78. The van der Waals surface area contributed by atoms with Crippen molar-refractivity contribution in [3.63, 3.8) is 0 Å². The van der Waals surface area contributed by atoms with Crippen LogP contribution in [0.25, 0.3) is 0 Å². The molecule has 0 heterocycles. The summed E-state index contributed by atoms with van der Waals surface area (Å²) in [6.45, 7) is 4.22. The predicted molar refractivity (Wildman–Crippen MR) is 103 cm³/mol. The Labute approximate surface area is 150 Å². The summed E-state index contributed by atoms with van der Waals surface area (Å²) in [7, 11) is 0. The Balaban J connectivity index is 0.00000242. The van der Waals surface area contributed by atoms with E-state index in [4.69, 9.17) is 0 Å². The van der Waals surface area contributed by atoms with Gasteiger partial charge in [0.2, 0.25) is 0 Å². The van der Waals surface area contributed by atoms with E-state index in [-0.39, 0.29) is 24.0 Å². The van der Waals surface area contributed by atoms with Gasteiger partial charge in [0.05, 0.1) is 12.1 Å². The zero-order chi connectivity index (χ0) is 15.0. The highest BCUT2D eigenvalue weighted by Gasteiger charge is 2.30. The highest BCUT2D eigenvalue weighted by Crippen LogP contribution is 2.29. The molecule has 1 saturated carbocycles. The lowest BCUT2D eigenvalue weighted by atomic mass is 10.0. The van der Waals surface area contributed by atoms with Crippen molar-refractivity contribution >= 4 is 29.9 Å². The van der Waals surface area contributed by atoms with Gasteiger partial charge in [0, 0.05) is 13.1 Å². The first kappa shape index (κ1) is 19.2. The van der Waals surface area contributed by atoms with E-state index < -0.39 is 5.60 Å². The molecule has 1 aliphatic carbocycles. The lowest BCUT2D eigenvalue weighted by molar-refractivity contribution is 0.0574. The summed E-state index contributed by atoms with van der Waals surface area (Å²) >= 11 is 0. The maximum absolute atomic E-state index is 10.3. The van der Waals surface area contributed by atoms with Gasteiger partial charge in [-0.3, -0.25) is 4.99 Å². The van der Waals surface area contributed by atoms with Crippen LogP contribution in [-0.2, 0) is 6.42 Å². The zero-order valence-corrected chi connectivity index (χ0v) is 15.7. The van der Waals surface area contributed by atoms with Gasteiger partial charge in [0.15, 0.2) is 5.96 Å². The molecule has 5 heteroatoms. The van der Waals surface area contributed by atoms with E-state index in [0.29, 0.717) is 6.54 Å². The average Bonchev–Trinajstić information content (AvgIpc) is 2.93. The normalized spacial score (nSPS) is 16.9. The van der Waals surface area contributed by atoms with Gasteiger partial charge in [-0.2, -0.15) is 0 Å². The lowest BCUT2D eigenvalue weighted by Crippen LogP contribution is -2.40. The molecule has 4 nitrogen and oxygen atoms in total. The number of aliphatic hydroxyl groups is 1. The molecule has 124 valence electrons. The van der Waals surface area contributed by atoms with E-state index in [1.54, 1.807) is 0 Å². The number of hydrogen-bond donors (Lipinski definition) is 3. The van der Waals surface area contributed by atoms with Gasteiger partial charge in [-0.1, -0.05) is 43.2 Å². The molecule has 3 N–H and O–H groups in total. The molecule has 0 aliphatic heterocycles. The smallest absolute Gasteiger partial charge is 0.191 e. The summed E-state index contributed by atoms with van der Waals surface area (Å²) in [6.07, 6.45) is 4.95. The fraction of sp³-hybridized carbons (Fsp3) is 0.588. The number of nitrogens with one attached hydrogen (secondary N) is 2. The second kappa shape index (κ2) is 10.0. The number of rotatable bonds is 6. The molecule has 0 bridgehead atoms. The fourth-order valence-electron chi connectivity index (χ4n) is 2.73. The standard InChI is InChI=1S/C17H27N3O.HI/c1-2-18-16(20-14-17(21)11-6-7-12-17)19-13-10-15-8-4-3-5-9-15;/h3-5,8-9,21H,2,6-7,10-14H2,1H3,(H2,18,19,20);1H. The van der Waals surface area contributed by atoms with Gasteiger partial charge in [0.25, 0.3) is 0 Å². The zero-order valence-electron chi connectivity index (χ0n) is 13.3. The quantitative estimate of drug-likeness (QED) is 0.379. The van der Waals surface area contributed by atoms with E-state index in [2.05, 4.69) is 46.8 Å². The maximum Gasteiger partial charge on any atom is 0.191 e. The first-order valence-corrected chi connectivity index (χ1v) is 8.00. The van der Waals surface area contributed by atoms with E-state index in [1.807, 2.05) is 6.07 Å². The summed E-state index contributed by atoms with van der Waals surface area (Å²) in [5, 5.41) is 16.9. The molecule has 0 aromatic heterocycles. The Morgan fingerprint density at radius 1 is 1.18 bits per heavy atom. The third-order valence-corrected chi connectivity index (χ3v) is 3.96. The van der Waals surface area contributed by atoms with Gasteiger partial charge in [-0.15, -0.1) is 24.0 Å². The van der Waals surface area contributed by atoms with Gasteiger partial charge in [-0.05, 0) is 31.7 Å². The molecule has 1 aromatic carbocycles. The number of aliphatic imine (C=N–C) groups is 1. The molecule has 0 atom stereocenters. The molecule has 0 unspecified atom stereocenters. The summed E-state index contributed by atoms with van der Waals surface area (Å²) in [5.41, 5.74) is 0.733.